The number of oxime groups is 1. The Morgan fingerprint density at radius 2 is 2.25 bits per heavy atom. The Hall–Kier alpha value is -1.10. The summed E-state index contributed by atoms with van der Waals surface area (Å²) in [6.07, 6.45) is 0. The average molecular weight is 119 g/mol. The summed E-state index contributed by atoms with van der Waals surface area (Å²) in [4.78, 5) is 13.2. The lowest BCUT2D eigenvalue weighted by Gasteiger charge is -1.88. The Morgan fingerprint density at radius 1 is 1.75 bits per heavy atom. The molecule has 0 bridgehead atoms. The van der Waals surface area contributed by atoms with Crippen molar-refractivity contribution >= 4 is 11.7 Å². The predicted octanol–water partition coefficient (Wildman–Crippen LogP) is -0.147. The third kappa shape index (κ3) is 1.57. The molecule has 0 aromatic rings. The molecule has 0 spiro atoms. The van der Waals surface area contributed by atoms with Crippen molar-refractivity contribution in [1.82, 2.24) is 0 Å². The molecule has 0 unspecified atom stereocenters. The maximum atomic E-state index is 9.98. The molecular formula is C3H5NO4. The quantitative estimate of drug-likeness (QED) is 0.218. The first-order valence-electron chi connectivity index (χ1n) is 1.76. The van der Waals surface area contributed by atoms with Crippen molar-refractivity contribution in [3.05, 3.63) is 0 Å². The maximum absolute atomic E-state index is 9.98. The molecule has 8 heavy (non-hydrogen) atoms. The summed E-state index contributed by atoms with van der Waals surface area (Å²) < 4.78 is 0. The number of hydrogen-bond donors (Lipinski definition) is 2. The summed E-state index contributed by atoms with van der Waals surface area (Å²) in [5.41, 5.74) is -0.299. The molecule has 0 amide bonds. The molecule has 0 aromatic heterocycles. The van der Waals surface area contributed by atoms with Crippen LogP contribution in [0.5, 0.6) is 0 Å². The molecule has 5 heteroatoms. The Morgan fingerprint density at radius 3 is 2.38 bits per heavy atom. The van der Waals surface area contributed by atoms with E-state index in [1.54, 1.807) is 0 Å². The van der Waals surface area contributed by atoms with Gasteiger partial charge in [0.25, 0.3) is 0 Å². The van der Waals surface area contributed by atoms with Crippen molar-refractivity contribution in [3.63, 3.8) is 0 Å². The molecule has 5 nitrogen and oxygen atoms in total. The predicted molar refractivity (Wildman–Crippen MR) is 23.6 cm³/mol. The summed E-state index contributed by atoms with van der Waals surface area (Å²) in [5, 5.41) is 17.8. The van der Waals surface area contributed by atoms with Gasteiger partial charge in [0.2, 0.25) is 0 Å². The molecule has 2 N–H and O–H groups in total. The maximum Gasteiger partial charge on any atom is 0.389 e. The van der Waals surface area contributed by atoms with Gasteiger partial charge in [0.1, 0.15) is 0 Å². The first-order chi connectivity index (χ1) is 3.72. The van der Waals surface area contributed by atoms with Gasteiger partial charge < -0.3 is 5.21 Å². The van der Waals surface area contributed by atoms with Crippen LogP contribution in [0.1, 0.15) is 6.92 Å². The van der Waals surface area contributed by atoms with Crippen LogP contribution in [0.15, 0.2) is 5.16 Å². The average Bonchev–Trinajstić information content (AvgIpc) is 1.84. The van der Waals surface area contributed by atoms with Crippen LogP contribution in [-0.2, 0) is 9.68 Å². The van der Waals surface area contributed by atoms with Crippen LogP contribution >= 0.6 is 0 Å². The van der Waals surface area contributed by atoms with Crippen LogP contribution in [-0.4, -0.2) is 22.1 Å². The van der Waals surface area contributed by atoms with Crippen LogP contribution < -0.4 is 0 Å². The zero-order valence-corrected chi connectivity index (χ0v) is 4.16. The highest BCUT2D eigenvalue weighted by Gasteiger charge is 2.05. The van der Waals surface area contributed by atoms with E-state index in [9.17, 15) is 4.79 Å². The number of nitrogens with zero attached hydrogens (tertiary/aromatic N) is 1. The second kappa shape index (κ2) is 2.98. The third-order valence-electron chi connectivity index (χ3n) is 0.528. The van der Waals surface area contributed by atoms with E-state index in [1.165, 1.54) is 6.92 Å². The fraction of sp³-hybridized carbons (Fsp3) is 0.333. The van der Waals surface area contributed by atoms with Gasteiger partial charge in [-0.3, -0.25) is 4.89 Å². The van der Waals surface area contributed by atoms with Gasteiger partial charge in [-0.25, -0.2) is 4.79 Å². The van der Waals surface area contributed by atoms with E-state index in [0.717, 1.165) is 0 Å². The number of carbonyl (C=O) groups is 1. The molecule has 0 atom stereocenters. The number of hydrogen-bond acceptors (Lipinski definition) is 5. The van der Waals surface area contributed by atoms with Gasteiger partial charge in [-0.2, -0.15) is 5.26 Å². The molecule has 0 radical (unpaired) electrons. The van der Waals surface area contributed by atoms with Crippen molar-refractivity contribution in [1.29, 1.82) is 0 Å². The zero-order chi connectivity index (χ0) is 6.57. The topological polar surface area (TPSA) is 79.1 Å². The van der Waals surface area contributed by atoms with Gasteiger partial charge in [-0.1, -0.05) is 5.16 Å². The van der Waals surface area contributed by atoms with E-state index in [2.05, 4.69) is 10.0 Å². The molecule has 46 valence electrons. The third-order valence-corrected chi connectivity index (χ3v) is 0.528. The van der Waals surface area contributed by atoms with Gasteiger partial charge in [0.05, 0.1) is 0 Å². The zero-order valence-electron chi connectivity index (χ0n) is 4.16. The van der Waals surface area contributed by atoms with Crippen LogP contribution in [0.2, 0.25) is 0 Å². The highest BCUT2D eigenvalue weighted by molar-refractivity contribution is 6.34. The van der Waals surface area contributed by atoms with Crippen molar-refractivity contribution < 1.29 is 20.1 Å². The second-order valence-corrected chi connectivity index (χ2v) is 1.06. The first-order valence-corrected chi connectivity index (χ1v) is 1.76. The minimum Gasteiger partial charge on any atom is -0.410 e. The normalized spacial score (nSPS) is 11.0. The number of rotatable bonds is 1. The summed E-state index contributed by atoms with van der Waals surface area (Å²) in [7, 11) is 0. The molecular weight excluding hydrogens is 114 g/mol. The van der Waals surface area contributed by atoms with Gasteiger partial charge in [0.15, 0.2) is 5.71 Å². The first kappa shape index (κ1) is 6.90. The Balaban J connectivity index is 3.83. The van der Waals surface area contributed by atoms with Crippen molar-refractivity contribution in [2.24, 2.45) is 5.16 Å². The summed E-state index contributed by atoms with van der Waals surface area (Å²) in [6.45, 7) is 1.19. The van der Waals surface area contributed by atoms with Gasteiger partial charge in [-0.05, 0) is 6.92 Å². The molecule has 0 aliphatic rings. The van der Waals surface area contributed by atoms with Gasteiger partial charge >= 0.3 is 5.97 Å². The molecule has 0 aliphatic heterocycles. The lowest BCUT2D eigenvalue weighted by Crippen LogP contribution is -2.11. The highest BCUT2D eigenvalue weighted by Crippen LogP contribution is 1.77. The second-order valence-electron chi connectivity index (χ2n) is 1.06. The monoisotopic (exact) mass is 119 g/mol. The summed E-state index contributed by atoms with van der Waals surface area (Å²) >= 11 is 0. The van der Waals surface area contributed by atoms with E-state index in [-0.39, 0.29) is 5.71 Å². The fourth-order valence-corrected chi connectivity index (χ4v) is 0.107. The standard InChI is InChI=1S/C3H5NO4/c1-2(4-6)3(5)8-7/h6-7H,1H3. The van der Waals surface area contributed by atoms with Crippen molar-refractivity contribution in [2.45, 2.75) is 6.92 Å². The van der Waals surface area contributed by atoms with E-state index in [0.29, 0.717) is 0 Å². The molecule has 0 aliphatic carbocycles. The molecule has 0 fully saturated rings. The molecule has 0 rings (SSSR count). The Labute approximate surface area is 45.1 Å². The van der Waals surface area contributed by atoms with E-state index >= 15 is 0 Å². The molecule has 0 saturated carbocycles. The number of carbonyl (C=O) groups excluding carboxylic acids is 1. The summed E-state index contributed by atoms with van der Waals surface area (Å²) in [5.74, 6) is -1.06. The van der Waals surface area contributed by atoms with E-state index in [1.807, 2.05) is 0 Å². The Kier molecular flexibility index (Phi) is 2.57. The Bertz CT molecular complexity index is 118. The minimum absolute atomic E-state index is 0.299. The lowest BCUT2D eigenvalue weighted by molar-refractivity contribution is -0.225. The van der Waals surface area contributed by atoms with Crippen LogP contribution in [0.4, 0.5) is 0 Å². The molecule has 0 aromatic carbocycles. The molecule has 0 heterocycles. The van der Waals surface area contributed by atoms with Crippen molar-refractivity contribution in [2.75, 3.05) is 0 Å². The van der Waals surface area contributed by atoms with Crippen LogP contribution in [0, 0.1) is 0 Å². The van der Waals surface area contributed by atoms with Crippen LogP contribution in [0.3, 0.4) is 0 Å². The molecule has 0 saturated heterocycles. The summed E-state index contributed by atoms with van der Waals surface area (Å²) in [6, 6.07) is 0. The highest BCUT2D eigenvalue weighted by atomic mass is 17.1. The smallest absolute Gasteiger partial charge is 0.389 e. The van der Waals surface area contributed by atoms with E-state index in [4.69, 9.17) is 10.5 Å². The van der Waals surface area contributed by atoms with Gasteiger partial charge in [0, 0.05) is 0 Å². The van der Waals surface area contributed by atoms with Crippen molar-refractivity contribution in [3.8, 4) is 0 Å². The van der Waals surface area contributed by atoms with E-state index < -0.39 is 5.97 Å². The minimum atomic E-state index is -1.06. The largest absolute Gasteiger partial charge is 0.410 e. The van der Waals surface area contributed by atoms with Crippen LogP contribution in [0.25, 0.3) is 0 Å². The fourth-order valence-electron chi connectivity index (χ4n) is 0.107. The lowest BCUT2D eigenvalue weighted by atomic mass is 10.4. The SMILES string of the molecule is CC(=NO)C(=O)OO. The van der Waals surface area contributed by atoms with Gasteiger partial charge in [-0.15, -0.1) is 0 Å².